The molecule has 27 heavy (non-hydrogen) atoms. The highest BCUT2D eigenvalue weighted by molar-refractivity contribution is 6.31. The molecule has 4 rings (SSSR count). The summed E-state index contributed by atoms with van der Waals surface area (Å²) < 4.78 is 1.24. The van der Waals surface area contributed by atoms with E-state index in [1.54, 1.807) is 0 Å². The van der Waals surface area contributed by atoms with Crippen LogP contribution in [0.1, 0.15) is 49.2 Å². The van der Waals surface area contributed by atoms with E-state index >= 15 is 0 Å². The first-order valence-electron chi connectivity index (χ1n) is 9.03. The van der Waals surface area contributed by atoms with E-state index in [-0.39, 0.29) is 17.5 Å². The van der Waals surface area contributed by atoms with Crippen LogP contribution in [0, 0.1) is 0 Å². The molecule has 0 amide bonds. The number of nitrogens with one attached hydrogen (secondary N) is 3. The predicted octanol–water partition coefficient (Wildman–Crippen LogP) is 2.58. The van der Waals surface area contributed by atoms with Crippen LogP contribution in [0.4, 0.5) is 0 Å². The van der Waals surface area contributed by atoms with Crippen molar-refractivity contribution in [3.8, 4) is 5.88 Å². The lowest BCUT2D eigenvalue weighted by Crippen LogP contribution is -2.39. The van der Waals surface area contributed by atoms with Gasteiger partial charge in [-0.25, -0.2) is 4.79 Å². The number of hydrogen-bond acceptors (Lipinski definition) is 4. The average Bonchev–Trinajstić information content (AvgIpc) is 3.00. The highest BCUT2D eigenvalue weighted by Crippen LogP contribution is 2.36. The van der Waals surface area contributed by atoms with Crippen molar-refractivity contribution in [3.05, 3.63) is 60.9 Å². The zero-order valence-corrected chi connectivity index (χ0v) is 15.9. The first kappa shape index (κ1) is 17.9. The molecule has 1 aliphatic rings. The molecule has 3 aromatic rings. The summed E-state index contributed by atoms with van der Waals surface area (Å²) in [6.07, 6.45) is 1.42. The Labute approximate surface area is 160 Å². The summed E-state index contributed by atoms with van der Waals surface area (Å²) in [7, 11) is 0. The molecule has 0 saturated heterocycles. The number of halogens is 1. The van der Waals surface area contributed by atoms with Crippen LogP contribution in [-0.2, 0) is 6.42 Å². The van der Waals surface area contributed by atoms with Gasteiger partial charge in [0.05, 0.1) is 6.04 Å². The molecule has 3 heterocycles. The van der Waals surface area contributed by atoms with Crippen molar-refractivity contribution < 1.29 is 5.11 Å². The normalized spacial score (nSPS) is 17.8. The van der Waals surface area contributed by atoms with E-state index in [9.17, 15) is 14.7 Å². The SMILES string of the molecule is CC[C@@H](C)n1c(O)c([C@@H]2NCCc3c2[nH]c2ccc(Cl)cc32)c(=O)[nH]c1=O. The van der Waals surface area contributed by atoms with E-state index in [1.807, 2.05) is 32.0 Å². The molecule has 2 aromatic heterocycles. The fraction of sp³-hybridized carbons (Fsp3) is 0.368. The van der Waals surface area contributed by atoms with Crippen molar-refractivity contribution in [1.82, 2.24) is 19.9 Å². The van der Waals surface area contributed by atoms with Gasteiger partial charge in [0.2, 0.25) is 5.88 Å². The van der Waals surface area contributed by atoms with Crippen LogP contribution in [0.5, 0.6) is 5.88 Å². The third-order valence-corrected chi connectivity index (χ3v) is 5.62. The van der Waals surface area contributed by atoms with Crippen LogP contribution in [0.25, 0.3) is 10.9 Å². The van der Waals surface area contributed by atoms with E-state index < -0.39 is 17.3 Å². The van der Waals surface area contributed by atoms with Crippen molar-refractivity contribution >= 4 is 22.5 Å². The Balaban J connectivity index is 1.96. The van der Waals surface area contributed by atoms with E-state index in [4.69, 9.17) is 11.6 Å². The van der Waals surface area contributed by atoms with Crippen molar-refractivity contribution in [2.24, 2.45) is 0 Å². The lowest BCUT2D eigenvalue weighted by atomic mass is 9.95. The predicted molar refractivity (Wildman–Crippen MR) is 105 cm³/mol. The molecule has 8 heteroatoms. The Hall–Kier alpha value is -2.51. The Bertz CT molecular complexity index is 1140. The smallest absolute Gasteiger partial charge is 0.331 e. The summed E-state index contributed by atoms with van der Waals surface area (Å²) in [6, 6.07) is 4.83. The molecule has 4 N–H and O–H groups in total. The molecule has 0 aliphatic carbocycles. The number of rotatable bonds is 3. The summed E-state index contributed by atoms with van der Waals surface area (Å²) in [5, 5.41) is 15.8. The quantitative estimate of drug-likeness (QED) is 0.553. The largest absolute Gasteiger partial charge is 0.494 e. The summed E-state index contributed by atoms with van der Waals surface area (Å²) >= 11 is 6.15. The van der Waals surface area contributed by atoms with Gasteiger partial charge in [-0.1, -0.05) is 18.5 Å². The maximum atomic E-state index is 12.6. The van der Waals surface area contributed by atoms with Gasteiger partial charge in [-0.2, -0.15) is 0 Å². The van der Waals surface area contributed by atoms with Crippen LogP contribution in [0.15, 0.2) is 27.8 Å². The van der Waals surface area contributed by atoms with Crippen LogP contribution >= 0.6 is 11.6 Å². The molecule has 0 saturated carbocycles. The minimum absolute atomic E-state index is 0.147. The summed E-state index contributed by atoms with van der Waals surface area (Å²) in [6.45, 7) is 4.38. The molecule has 2 atom stereocenters. The molecule has 0 spiro atoms. The fourth-order valence-electron chi connectivity index (χ4n) is 3.85. The number of aromatic hydroxyl groups is 1. The number of aromatic amines is 2. The fourth-order valence-corrected chi connectivity index (χ4v) is 4.02. The molecule has 0 unspecified atom stereocenters. The molecule has 1 aliphatic heterocycles. The topological polar surface area (TPSA) is 103 Å². The molecule has 1 aromatic carbocycles. The molecule has 142 valence electrons. The molecule has 7 nitrogen and oxygen atoms in total. The number of aromatic nitrogens is 3. The minimum Gasteiger partial charge on any atom is -0.494 e. The van der Waals surface area contributed by atoms with Crippen LogP contribution in [0.3, 0.4) is 0 Å². The van der Waals surface area contributed by atoms with Gasteiger partial charge in [0.1, 0.15) is 5.56 Å². The summed E-state index contributed by atoms with van der Waals surface area (Å²) in [5.41, 5.74) is 1.76. The zero-order chi connectivity index (χ0) is 19.3. The molecular weight excluding hydrogens is 368 g/mol. The van der Waals surface area contributed by atoms with Gasteiger partial charge in [0.15, 0.2) is 0 Å². The Morgan fingerprint density at radius 1 is 1.33 bits per heavy atom. The first-order chi connectivity index (χ1) is 12.9. The Kier molecular flexibility index (Phi) is 4.36. The number of H-pyrrole nitrogens is 2. The number of benzene rings is 1. The highest BCUT2D eigenvalue weighted by atomic mass is 35.5. The van der Waals surface area contributed by atoms with Gasteiger partial charge >= 0.3 is 5.69 Å². The van der Waals surface area contributed by atoms with E-state index in [2.05, 4.69) is 15.3 Å². The standard InChI is InChI=1S/C19H21ClN4O3/c1-3-9(2)24-18(26)14(17(25)23-19(24)27)16-15-11(6-7-21-16)12-8-10(20)4-5-13(12)22-15/h4-5,8-9,16,21-22,26H,3,6-7H2,1-2H3,(H,23,25,27)/t9-,16+/m1/s1. The lowest BCUT2D eigenvalue weighted by molar-refractivity contribution is 0.353. The average molecular weight is 389 g/mol. The monoisotopic (exact) mass is 388 g/mol. The Morgan fingerprint density at radius 3 is 2.85 bits per heavy atom. The second-order valence-corrected chi connectivity index (χ2v) is 7.40. The third-order valence-electron chi connectivity index (χ3n) is 5.39. The minimum atomic E-state index is -0.602. The molecular formula is C19H21ClN4O3. The first-order valence-corrected chi connectivity index (χ1v) is 9.41. The highest BCUT2D eigenvalue weighted by Gasteiger charge is 2.31. The van der Waals surface area contributed by atoms with Crippen LogP contribution < -0.4 is 16.6 Å². The number of nitrogens with zero attached hydrogens (tertiary/aromatic N) is 1. The maximum Gasteiger partial charge on any atom is 0.331 e. The molecule has 0 bridgehead atoms. The van der Waals surface area contributed by atoms with E-state index in [1.165, 1.54) is 4.57 Å². The van der Waals surface area contributed by atoms with Gasteiger partial charge in [-0.15, -0.1) is 0 Å². The maximum absolute atomic E-state index is 12.6. The molecule has 0 fully saturated rings. The van der Waals surface area contributed by atoms with Gasteiger partial charge in [0, 0.05) is 34.2 Å². The van der Waals surface area contributed by atoms with Crippen LogP contribution in [0.2, 0.25) is 5.02 Å². The summed E-state index contributed by atoms with van der Waals surface area (Å²) in [5.74, 6) is -0.292. The Morgan fingerprint density at radius 2 is 2.11 bits per heavy atom. The third kappa shape index (κ3) is 2.78. The van der Waals surface area contributed by atoms with Crippen molar-refractivity contribution in [3.63, 3.8) is 0 Å². The number of fused-ring (bicyclic) bond motifs is 3. The van der Waals surface area contributed by atoms with Crippen molar-refractivity contribution in [1.29, 1.82) is 0 Å². The van der Waals surface area contributed by atoms with E-state index in [0.29, 0.717) is 18.0 Å². The summed E-state index contributed by atoms with van der Waals surface area (Å²) in [4.78, 5) is 30.5. The zero-order valence-electron chi connectivity index (χ0n) is 15.1. The van der Waals surface area contributed by atoms with Gasteiger partial charge in [0.25, 0.3) is 5.56 Å². The van der Waals surface area contributed by atoms with Gasteiger partial charge < -0.3 is 15.4 Å². The lowest BCUT2D eigenvalue weighted by Gasteiger charge is -2.26. The van der Waals surface area contributed by atoms with Gasteiger partial charge in [-0.3, -0.25) is 14.3 Å². The molecule has 0 radical (unpaired) electrons. The second-order valence-electron chi connectivity index (χ2n) is 6.97. The number of hydrogen-bond donors (Lipinski definition) is 4. The van der Waals surface area contributed by atoms with Crippen molar-refractivity contribution in [2.45, 2.75) is 38.8 Å². The van der Waals surface area contributed by atoms with Crippen LogP contribution in [-0.4, -0.2) is 26.2 Å². The van der Waals surface area contributed by atoms with Gasteiger partial charge in [-0.05, 0) is 43.5 Å². The van der Waals surface area contributed by atoms with Crippen molar-refractivity contribution in [2.75, 3.05) is 6.54 Å². The second kappa shape index (κ2) is 6.58. The van der Waals surface area contributed by atoms with E-state index in [0.717, 1.165) is 28.6 Å².